The number of thiazole rings is 2. The zero-order chi connectivity index (χ0) is 22.2. The van der Waals surface area contributed by atoms with Crippen LogP contribution in [0.1, 0.15) is 21.3 Å². The third kappa shape index (κ3) is 4.64. The molecule has 4 rings (SSSR count). The van der Waals surface area contributed by atoms with Crippen molar-refractivity contribution in [1.29, 1.82) is 0 Å². The lowest BCUT2D eigenvalue weighted by molar-refractivity contribution is -0.137. The van der Waals surface area contributed by atoms with Gasteiger partial charge < -0.3 is 15.1 Å². The second-order valence-electron chi connectivity index (χ2n) is 7.12. The quantitative estimate of drug-likeness (QED) is 0.551. The van der Waals surface area contributed by atoms with Crippen molar-refractivity contribution in [3.8, 4) is 10.6 Å². The Hall–Kier alpha value is -2.34. The van der Waals surface area contributed by atoms with E-state index in [1.807, 2.05) is 4.90 Å². The number of Topliss-reactive ketones (excluding diaryl/α,β-unsaturated/α-hetero) is 1. The number of alkyl halides is 3. The maximum atomic E-state index is 12.7. The van der Waals surface area contributed by atoms with Gasteiger partial charge in [0.2, 0.25) is 0 Å². The van der Waals surface area contributed by atoms with Crippen LogP contribution in [0.5, 0.6) is 0 Å². The first kappa shape index (κ1) is 21.9. The Labute approximate surface area is 183 Å². The van der Waals surface area contributed by atoms with Crippen molar-refractivity contribution >= 4 is 34.1 Å². The van der Waals surface area contributed by atoms with E-state index in [-0.39, 0.29) is 31.3 Å². The molecule has 1 aliphatic rings. The van der Waals surface area contributed by atoms with Crippen molar-refractivity contribution in [2.24, 2.45) is 5.92 Å². The molecule has 164 valence electrons. The van der Waals surface area contributed by atoms with E-state index in [2.05, 4.69) is 9.97 Å². The SMILES string of the molecule is O=C(Cc1nc(-c2sc(CO)nc2CO)cs1)C1CN(c2ccc(C(F)(F)F)cc2)C1. The van der Waals surface area contributed by atoms with Crippen molar-refractivity contribution in [2.45, 2.75) is 25.8 Å². The second kappa shape index (κ2) is 8.65. The zero-order valence-corrected chi connectivity index (χ0v) is 17.7. The molecule has 0 spiro atoms. The zero-order valence-electron chi connectivity index (χ0n) is 16.1. The summed E-state index contributed by atoms with van der Waals surface area (Å²) in [6.07, 6.45) is -4.19. The average molecular weight is 470 g/mol. The van der Waals surface area contributed by atoms with Gasteiger partial charge in [-0.2, -0.15) is 13.2 Å². The van der Waals surface area contributed by atoms with Crippen LogP contribution in [0, 0.1) is 5.92 Å². The summed E-state index contributed by atoms with van der Waals surface area (Å²) in [5.74, 6) is -0.154. The van der Waals surface area contributed by atoms with Gasteiger partial charge in [-0.3, -0.25) is 4.79 Å². The topological polar surface area (TPSA) is 86.5 Å². The third-order valence-corrected chi connectivity index (χ3v) is 6.99. The second-order valence-corrected chi connectivity index (χ2v) is 9.14. The van der Waals surface area contributed by atoms with Gasteiger partial charge in [-0.25, -0.2) is 9.97 Å². The number of aliphatic hydroxyl groups excluding tert-OH is 2. The van der Waals surface area contributed by atoms with Crippen molar-refractivity contribution in [2.75, 3.05) is 18.0 Å². The van der Waals surface area contributed by atoms with Gasteiger partial charge in [-0.1, -0.05) is 0 Å². The van der Waals surface area contributed by atoms with E-state index in [1.165, 1.54) is 34.8 Å². The van der Waals surface area contributed by atoms with E-state index in [0.29, 0.717) is 45.1 Å². The highest BCUT2D eigenvalue weighted by Crippen LogP contribution is 2.34. The minimum absolute atomic E-state index is 0.0341. The van der Waals surface area contributed by atoms with E-state index in [0.717, 1.165) is 12.1 Å². The predicted molar refractivity (Wildman–Crippen MR) is 111 cm³/mol. The van der Waals surface area contributed by atoms with E-state index in [9.17, 15) is 28.2 Å². The summed E-state index contributed by atoms with van der Waals surface area (Å²) >= 11 is 2.60. The summed E-state index contributed by atoms with van der Waals surface area (Å²) < 4.78 is 38.0. The first-order valence-corrected chi connectivity index (χ1v) is 11.1. The number of hydrogen-bond acceptors (Lipinski definition) is 8. The van der Waals surface area contributed by atoms with Gasteiger partial charge >= 0.3 is 6.18 Å². The lowest BCUT2D eigenvalue weighted by Crippen LogP contribution is -2.50. The number of halogens is 3. The minimum atomic E-state index is -4.37. The fraction of sp³-hybridized carbons (Fsp3) is 0.350. The number of anilines is 1. The molecule has 1 aromatic carbocycles. The van der Waals surface area contributed by atoms with Gasteiger partial charge in [0.25, 0.3) is 0 Å². The van der Waals surface area contributed by atoms with Crippen molar-refractivity contribution < 1.29 is 28.2 Å². The van der Waals surface area contributed by atoms with Crippen LogP contribution in [-0.2, 0) is 30.6 Å². The maximum absolute atomic E-state index is 12.7. The average Bonchev–Trinajstić information content (AvgIpc) is 3.32. The van der Waals surface area contributed by atoms with Crippen LogP contribution in [0.4, 0.5) is 18.9 Å². The van der Waals surface area contributed by atoms with Crippen LogP contribution >= 0.6 is 22.7 Å². The highest BCUT2D eigenvalue weighted by atomic mass is 32.1. The number of rotatable bonds is 7. The fourth-order valence-corrected chi connectivity index (χ4v) is 5.08. The van der Waals surface area contributed by atoms with E-state index < -0.39 is 11.7 Å². The Morgan fingerprint density at radius 1 is 1.10 bits per heavy atom. The Bertz CT molecular complexity index is 1070. The van der Waals surface area contributed by atoms with Crippen molar-refractivity contribution in [3.63, 3.8) is 0 Å². The molecule has 1 fully saturated rings. The van der Waals surface area contributed by atoms with Crippen LogP contribution in [0.2, 0.25) is 0 Å². The van der Waals surface area contributed by atoms with Crippen molar-refractivity contribution in [3.05, 3.63) is 50.9 Å². The van der Waals surface area contributed by atoms with E-state index in [1.54, 1.807) is 5.38 Å². The molecule has 1 aliphatic heterocycles. The smallest absolute Gasteiger partial charge is 0.390 e. The number of carbonyl (C=O) groups is 1. The molecular weight excluding hydrogens is 451 g/mol. The fourth-order valence-electron chi connectivity index (χ4n) is 3.32. The molecule has 1 saturated heterocycles. The molecule has 0 unspecified atom stereocenters. The maximum Gasteiger partial charge on any atom is 0.416 e. The van der Waals surface area contributed by atoms with Gasteiger partial charge in [0.05, 0.1) is 47.4 Å². The number of benzene rings is 1. The Balaban J connectivity index is 1.35. The molecule has 6 nitrogen and oxygen atoms in total. The molecule has 2 N–H and O–H groups in total. The summed E-state index contributed by atoms with van der Waals surface area (Å²) in [5.41, 5.74) is 1.04. The van der Waals surface area contributed by atoms with Gasteiger partial charge in [-0.05, 0) is 24.3 Å². The molecule has 11 heteroatoms. The first-order chi connectivity index (χ1) is 14.8. The molecule has 0 bridgehead atoms. The third-order valence-electron chi connectivity index (χ3n) is 5.03. The Kier molecular flexibility index (Phi) is 6.11. The molecule has 0 atom stereocenters. The number of ketones is 1. The van der Waals surface area contributed by atoms with Crippen LogP contribution in [0.15, 0.2) is 29.6 Å². The van der Waals surface area contributed by atoms with Crippen molar-refractivity contribution in [1.82, 2.24) is 9.97 Å². The summed E-state index contributed by atoms with van der Waals surface area (Å²) in [6, 6.07) is 4.93. The standard InChI is InChI=1S/C20H18F3N3O3S2/c21-20(22,23)12-1-3-13(4-2-12)26-6-11(7-26)16(29)5-17-25-15(10-30-17)19-14(8-27)24-18(9-28)31-19/h1-4,10-11,27-28H,5-9H2. The molecular formula is C20H18F3N3O3S2. The van der Waals surface area contributed by atoms with E-state index in [4.69, 9.17) is 0 Å². The molecule has 0 aliphatic carbocycles. The lowest BCUT2D eigenvalue weighted by atomic mass is 9.92. The number of carbonyl (C=O) groups excluding carboxylic acids is 1. The molecule has 31 heavy (non-hydrogen) atoms. The van der Waals surface area contributed by atoms with E-state index >= 15 is 0 Å². The van der Waals surface area contributed by atoms with Gasteiger partial charge in [0, 0.05) is 24.2 Å². The number of aromatic nitrogens is 2. The first-order valence-electron chi connectivity index (χ1n) is 9.38. The Morgan fingerprint density at radius 2 is 1.81 bits per heavy atom. The lowest BCUT2D eigenvalue weighted by Gasteiger charge is -2.40. The molecule has 0 radical (unpaired) electrons. The minimum Gasteiger partial charge on any atom is -0.390 e. The van der Waals surface area contributed by atoms with Crippen LogP contribution < -0.4 is 4.90 Å². The van der Waals surface area contributed by atoms with Gasteiger partial charge in [0.15, 0.2) is 0 Å². The van der Waals surface area contributed by atoms with Crippen LogP contribution in [0.25, 0.3) is 10.6 Å². The molecule has 2 aromatic heterocycles. The molecule has 3 heterocycles. The summed E-state index contributed by atoms with van der Waals surface area (Å²) in [7, 11) is 0. The monoisotopic (exact) mass is 469 g/mol. The number of nitrogens with zero attached hydrogens (tertiary/aromatic N) is 3. The van der Waals surface area contributed by atoms with Crippen LogP contribution in [-0.4, -0.2) is 39.1 Å². The highest BCUT2D eigenvalue weighted by molar-refractivity contribution is 7.16. The number of aliphatic hydroxyl groups is 2. The highest BCUT2D eigenvalue weighted by Gasteiger charge is 2.34. The Morgan fingerprint density at radius 3 is 2.42 bits per heavy atom. The summed E-state index contributed by atoms with van der Waals surface area (Å²) in [6.45, 7) is 0.446. The molecule has 0 saturated carbocycles. The summed E-state index contributed by atoms with van der Waals surface area (Å²) in [4.78, 5) is 23.8. The molecule has 0 amide bonds. The predicted octanol–water partition coefficient (Wildman–Crippen LogP) is 3.52. The normalized spacial score (nSPS) is 14.7. The number of hydrogen-bond donors (Lipinski definition) is 2. The van der Waals surface area contributed by atoms with Crippen LogP contribution in [0.3, 0.4) is 0 Å². The van der Waals surface area contributed by atoms with Gasteiger partial charge in [-0.15, -0.1) is 22.7 Å². The largest absolute Gasteiger partial charge is 0.416 e. The van der Waals surface area contributed by atoms with Gasteiger partial charge in [0.1, 0.15) is 15.8 Å². The summed E-state index contributed by atoms with van der Waals surface area (Å²) in [5, 5.41) is 21.6. The molecule has 3 aromatic rings.